The third-order valence-electron chi connectivity index (χ3n) is 3.67. The number of carbonyl (C=O) groups is 1. The highest BCUT2D eigenvalue weighted by molar-refractivity contribution is 6.09. The Morgan fingerprint density at radius 1 is 1.04 bits per heavy atom. The maximum atomic E-state index is 12.6. The molecule has 2 rings (SSSR count). The van der Waals surface area contributed by atoms with Gasteiger partial charge in [-0.3, -0.25) is 4.79 Å². The minimum atomic E-state index is 0.0237. The molecular weight excluding hydrogens is 296 g/mol. The van der Waals surface area contributed by atoms with Crippen LogP contribution >= 0.6 is 0 Å². The Balaban J connectivity index is 2.20. The van der Waals surface area contributed by atoms with Gasteiger partial charge in [0, 0.05) is 5.56 Å². The highest BCUT2D eigenvalue weighted by atomic mass is 16.5. The summed E-state index contributed by atoms with van der Waals surface area (Å²) in [5, 5.41) is 0. The zero-order valence-electron chi connectivity index (χ0n) is 14.4. The van der Waals surface area contributed by atoms with Gasteiger partial charge in [0.2, 0.25) is 0 Å². The van der Waals surface area contributed by atoms with Crippen LogP contribution in [-0.4, -0.2) is 5.78 Å². The van der Waals surface area contributed by atoms with E-state index in [-0.39, 0.29) is 5.78 Å². The number of benzene rings is 2. The second-order valence-electron chi connectivity index (χ2n) is 5.69. The van der Waals surface area contributed by atoms with Crippen LogP contribution in [0.5, 0.6) is 5.75 Å². The average Bonchev–Trinajstić information content (AvgIpc) is 2.60. The smallest absolute Gasteiger partial charge is 0.189 e. The molecule has 0 amide bonds. The van der Waals surface area contributed by atoms with E-state index in [1.54, 1.807) is 18.2 Å². The van der Waals surface area contributed by atoms with Crippen LogP contribution in [0.3, 0.4) is 0 Å². The molecule has 122 valence electrons. The molecule has 0 saturated carbocycles. The third-order valence-corrected chi connectivity index (χ3v) is 3.67. The van der Waals surface area contributed by atoms with E-state index >= 15 is 0 Å². The minimum Gasteiger partial charge on any atom is -0.457 e. The molecule has 0 atom stereocenters. The van der Waals surface area contributed by atoms with Crippen LogP contribution in [0.4, 0.5) is 0 Å². The quantitative estimate of drug-likeness (QED) is 0.301. The first-order valence-corrected chi connectivity index (χ1v) is 7.87. The van der Waals surface area contributed by atoms with Crippen molar-refractivity contribution in [1.82, 2.24) is 0 Å². The number of hydrogen-bond donors (Lipinski definition) is 0. The number of hydrogen-bond acceptors (Lipinski definition) is 2. The fraction of sp³-hybridized carbons (Fsp3) is 0.136. The molecule has 2 heteroatoms. The molecule has 0 radical (unpaired) electrons. The van der Waals surface area contributed by atoms with Crippen molar-refractivity contribution in [3.05, 3.63) is 101 Å². The van der Waals surface area contributed by atoms with Crippen molar-refractivity contribution in [2.75, 3.05) is 0 Å². The van der Waals surface area contributed by atoms with Crippen LogP contribution in [0.2, 0.25) is 0 Å². The predicted molar refractivity (Wildman–Crippen MR) is 99.4 cm³/mol. The topological polar surface area (TPSA) is 26.3 Å². The van der Waals surface area contributed by atoms with Crippen molar-refractivity contribution in [3.8, 4) is 5.75 Å². The molecule has 0 aromatic heterocycles. The minimum absolute atomic E-state index is 0.0237. The molecular formula is C22H22O2. The Labute approximate surface area is 143 Å². The van der Waals surface area contributed by atoms with E-state index in [0.29, 0.717) is 11.3 Å². The molecule has 2 aromatic carbocycles. The average molecular weight is 318 g/mol. The molecule has 0 heterocycles. The second-order valence-corrected chi connectivity index (χ2v) is 5.69. The van der Waals surface area contributed by atoms with Gasteiger partial charge in [-0.15, -0.1) is 0 Å². The number of carbonyl (C=O) groups excluding carboxylic acids is 1. The third kappa shape index (κ3) is 4.56. The largest absolute Gasteiger partial charge is 0.457 e. The zero-order chi connectivity index (χ0) is 17.5. The monoisotopic (exact) mass is 318 g/mol. The molecule has 0 aliphatic rings. The lowest BCUT2D eigenvalue weighted by Crippen LogP contribution is -2.03. The lowest BCUT2D eigenvalue weighted by atomic mass is 9.98. The Morgan fingerprint density at radius 2 is 1.75 bits per heavy atom. The maximum absolute atomic E-state index is 12.6. The van der Waals surface area contributed by atoms with Crippen molar-refractivity contribution < 1.29 is 9.53 Å². The number of ether oxygens (including phenoxy) is 1. The summed E-state index contributed by atoms with van der Waals surface area (Å²) in [5.41, 5.74) is 3.44. The van der Waals surface area contributed by atoms with E-state index in [4.69, 9.17) is 4.74 Å². The van der Waals surface area contributed by atoms with Crippen LogP contribution in [0.15, 0.2) is 84.7 Å². The normalized spacial score (nSPS) is 12.0. The summed E-state index contributed by atoms with van der Waals surface area (Å²) in [6, 6.07) is 15.4. The first kappa shape index (κ1) is 17.5. The summed E-state index contributed by atoms with van der Waals surface area (Å²) in [5.74, 6) is 1.35. The zero-order valence-corrected chi connectivity index (χ0v) is 14.4. The maximum Gasteiger partial charge on any atom is 0.189 e. The van der Waals surface area contributed by atoms with Gasteiger partial charge in [-0.2, -0.15) is 0 Å². The van der Waals surface area contributed by atoms with Gasteiger partial charge in [-0.05, 0) is 62.3 Å². The van der Waals surface area contributed by atoms with Crippen molar-refractivity contribution in [1.29, 1.82) is 0 Å². The van der Waals surface area contributed by atoms with E-state index in [1.165, 1.54) is 0 Å². The van der Waals surface area contributed by atoms with Gasteiger partial charge in [0.15, 0.2) is 5.78 Å². The van der Waals surface area contributed by atoms with Gasteiger partial charge < -0.3 is 4.74 Å². The Hall–Kier alpha value is -2.87. The van der Waals surface area contributed by atoms with Gasteiger partial charge in [0.1, 0.15) is 11.5 Å². The number of rotatable bonds is 6. The van der Waals surface area contributed by atoms with E-state index in [0.717, 1.165) is 22.4 Å². The highest BCUT2D eigenvalue weighted by Gasteiger charge is 2.10. The number of ketones is 1. The van der Waals surface area contributed by atoms with E-state index in [2.05, 4.69) is 6.58 Å². The van der Waals surface area contributed by atoms with Crippen molar-refractivity contribution in [2.45, 2.75) is 20.8 Å². The van der Waals surface area contributed by atoms with Crippen LogP contribution in [0, 0.1) is 13.8 Å². The van der Waals surface area contributed by atoms with Crippen molar-refractivity contribution in [2.24, 2.45) is 0 Å². The SMILES string of the molecule is C=C/C(=C\C=C(/C)C(=O)c1cc(C)ccc1C)Oc1ccccc1. The number of Topliss-reactive ketones (excluding diaryl/α,β-unsaturated/α-hetero) is 1. The lowest BCUT2D eigenvalue weighted by molar-refractivity contribution is 0.103. The molecule has 24 heavy (non-hydrogen) atoms. The molecule has 0 spiro atoms. The molecule has 0 unspecified atom stereocenters. The van der Waals surface area contributed by atoms with Crippen LogP contribution in [0.25, 0.3) is 0 Å². The summed E-state index contributed by atoms with van der Waals surface area (Å²) >= 11 is 0. The Kier molecular flexibility index (Phi) is 5.91. The molecule has 0 aliphatic carbocycles. The summed E-state index contributed by atoms with van der Waals surface area (Å²) in [6.45, 7) is 9.50. The van der Waals surface area contributed by atoms with Gasteiger partial charge in [-0.1, -0.05) is 48.6 Å². The van der Waals surface area contributed by atoms with Gasteiger partial charge in [0.05, 0.1) is 0 Å². The number of para-hydroxylation sites is 1. The van der Waals surface area contributed by atoms with E-state index in [1.807, 2.05) is 69.3 Å². The van der Waals surface area contributed by atoms with Crippen molar-refractivity contribution in [3.63, 3.8) is 0 Å². The summed E-state index contributed by atoms with van der Waals surface area (Å²) < 4.78 is 5.73. The summed E-state index contributed by atoms with van der Waals surface area (Å²) in [4.78, 5) is 12.6. The molecule has 0 fully saturated rings. The van der Waals surface area contributed by atoms with Crippen LogP contribution < -0.4 is 4.74 Å². The highest BCUT2D eigenvalue weighted by Crippen LogP contribution is 2.17. The van der Waals surface area contributed by atoms with Crippen LogP contribution in [0.1, 0.15) is 28.4 Å². The Bertz CT molecular complexity index is 796. The molecule has 2 nitrogen and oxygen atoms in total. The molecule has 2 aromatic rings. The molecule has 0 aliphatic heterocycles. The summed E-state index contributed by atoms with van der Waals surface area (Å²) in [7, 11) is 0. The second kappa shape index (κ2) is 8.11. The van der Waals surface area contributed by atoms with Gasteiger partial charge in [-0.25, -0.2) is 0 Å². The molecule has 0 N–H and O–H groups in total. The first-order chi connectivity index (χ1) is 11.5. The number of aryl methyl sites for hydroxylation is 2. The van der Waals surface area contributed by atoms with Gasteiger partial charge in [0.25, 0.3) is 0 Å². The Morgan fingerprint density at radius 3 is 2.42 bits per heavy atom. The van der Waals surface area contributed by atoms with Crippen LogP contribution in [-0.2, 0) is 0 Å². The standard InChI is InChI=1S/C22H22O2/c1-5-19(24-20-9-7-6-8-10-20)14-13-18(4)22(23)21-15-16(2)11-12-17(21)3/h5-15H,1H2,2-4H3/b18-13+,19-14+. The summed E-state index contributed by atoms with van der Waals surface area (Å²) in [6.07, 6.45) is 5.15. The van der Waals surface area contributed by atoms with E-state index < -0.39 is 0 Å². The molecule has 0 bridgehead atoms. The molecule has 0 saturated heterocycles. The fourth-order valence-corrected chi connectivity index (χ4v) is 2.24. The fourth-order valence-electron chi connectivity index (χ4n) is 2.24. The first-order valence-electron chi connectivity index (χ1n) is 7.87. The van der Waals surface area contributed by atoms with Gasteiger partial charge >= 0.3 is 0 Å². The predicted octanol–water partition coefficient (Wildman–Crippen LogP) is 5.58. The van der Waals surface area contributed by atoms with E-state index in [9.17, 15) is 4.79 Å². The van der Waals surface area contributed by atoms with Crippen molar-refractivity contribution >= 4 is 5.78 Å². The lowest BCUT2D eigenvalue weighted by Gasteiger charge is -2.07. The number of allylic oxidation sites excluding steroid dienone is 4.